The van der Waals surface area contributed by atoms with E-state index >= 15 is 0 Å². The van der Waals surface area contributed by atoms with Crippen molar-refractivity contribution >= 4 is 18.3 Å². The number of halogens is 1. The number of primary amides is 1. The van der Waals surface area contributed by atoms with Crippen LogP contribution < -0.4 is 5.73 Å². The Hall–Kier alpha value is -0.240. The van der Waals surface area contributed by atoms with Gasteiger partial charge in [0.1, 0.15) is 0 Å². The van der Waals surface area contributed by atoms with E-state index in [-0.39, 0.29) is 29.6 Å². The largest absolute Gasteiger partial charge is 0.369 e. The van der Waals surface area contributed by atoms with Crippen molar-refractivity contribution < 1.29 is 4.79 Å². The summed E-state index contributed by atoms with van der Waals surface area (Å²) in [6.07, 6.45) is 0.975. The van der Waals surface area contributed by atoms with Crippen molar-refractivity contribution in [3.8, 4) is 0 Å². The van der Waals surface area contributed by atoms with Gasteiger partial charge in [0, 0.05) is 5.92 Å². The molecule has 0 aliphatic heterocycles. The first kappa shape index (κ1) is 8.76. The smallest absolute Gasteiger partial charge is 0.221 e. The van der Waals surface area contributed by atoms with Crippen LogP contribution in [-0.2, 0) is 4.79 Å². The van der Waals surface area contributed by atoms with Crippen LogP contribution in [0, 0.1) is 11.3 Å². The van der Waals surface area contributed by atoms with E-state index in [4.69, 9.17) is 5.73 Å². The van der Waals surface area contributed by atoms with Gasteiger partial charge in [0.05, 0.1) is 0 Å². The van der Waals surface area contributed by atoms with Gasteiger partial charge in [-0.2, -0.15) is 0 Å². The zero-order valence-electron chi connectivity index (χ0n) is 5.68. The van der Waals surface area contributed by atoms with E-state index in [1.54, 1.807) is 0 Å². The highest BCUT2D eigenvalue weighted by molar-refractivity contribution is 5.85. The van der Waals surface area contributed by atoms with Crippen LogP contribution >= 0.6 is 12.4 Å². The molecule has 0 aromatic carbocycles. The van der Waals surface area contributed by atoms with Gasteiger partial charge in [0.2, 0.25) is 5.91 Å². The molecular formula is C6H12ClNO. The molecule has 9 heavy (non-hydrogen) atoms. The van der Waals surface area contributed by atoms with Crippen molar-refractivity contribution in [2.45, 2.75) is 20.3 Å². The van der Waals surface area contributed by atoms with Crippen LogP contribution in [0.25, 0.3) is 0 Å². The molecule has 0 aromatic rings. The van der Waals surface area contributed by atoms with Gasteiger partial charge in [-0.05, 0) is 11.8 Å². The second-order valence-corrected chi connectivity index (χ2v) is 3.15. The second kappa shape index (κ2) is 2.18. The Kier molecular flexibility index (Phi) is 2.12. The lowest BCUT2D eigenvalue weighted by molar-refractivity contribution is -0.119. The van der Waals surface area contributed by atoms with Gasteiger partial charge in [0.15, 0.2) is 0 Å². The zero-order valence-corrected chi connectivity index (χ0v) is 6.49. The Bertz CT molecular complexity index is 133. The topological polar surface area (TPSA) is 43.1 Å². The van der Waals surface area contributed by atoms with Crippen molar-refractivity contribution in [2.24, 2.45) is 17.1 Å². The maximum atomic E-state index is 10.4. The molecule has 1 aliphatic carbocycles. The van der Waals surface area contributed by atoms with Gasteiger partial charge >= 0.3 is 0 Å². The molecule has 0 radical (unpaired) electrons. The van der Waals surface area contributed by atoms with Crippen LogP contribution in [0.3, 0.4) is 0 Å². The lowest BCUT2D eigenvalue weighted by atomic mass is 10.1. The summed E-state index contributed by atoms with van der Waals surface area (Å²) in [4.78, 5) is 10.4. The Balaban J connectivity index is 0.000000640. The third-order valence-electron chi connectivity index (χ3n) is 1.86. The van der Waals surface area contributed by atoms with E-state index in [0.29, 0.717) is 0 Å². The van der Waals surface area contributed by atoms with Crippen molar-refractivity contribution in [3.63, 3.8) is 0 Å². The van der Waals surface area contributed by atoms with Crippen molar-refractivity contribution in [1.29, 1.82) is 0 Å². The van der Waals surface area contributed by atoms with E-state index < -0.39 is 0 Å². The first-order chi connectivity index (χ1) is 3.54. The zero-order chi connectivity index (χ0) is 6.36. The van der Waals surface area contributed by atoms with E-state index in [1.165, 1.54) is 0 Å². The minimum absolute atomic E-state index is 0. The lowest BCUT2D eigenvalue weighted by Gasteiger charge is -1.95. The fourth-order valence-electron chi connectivity index (χ4n) is 0.953. The number of hydrogen-bond donors (Lipinski definition) is 1. The number of amides is 1. The lowest BCUT2D eigenvalue weighted by Crippen LogP contribution is -2.15. The summed E-state index contributed by atoms with van der Waals surface area (Å²) < 4.78 is 0. The number of carbonyl (C=O) groups is 1. The van der Waals surface area contributed by atoms with Crippen LogP contribution in [0.4, 0.5) is 0 Å². The van der Waals surface area contributed by atoms with E-state index in [2.05, 4.69) is 13.8 Å². The molecule has 0 aromatic heterocycles. The summed E-state index contributed by atoms with van der Waals surface area (Å²) in [6.45, 7) is 4.12. The van der Waals surface area contributed by atoms with Gasteiger partial charge in [-0.15, -0.1) is 12.4 Å². The van der Waals surface area contributed by atoms with Gasteiger partial charge in [-0.1, -0.05) is 13.8 Å². The first-order valence-electron chi connectivity index (χ1n) is 2.83. The molecule has 0 heterocycles. The van der Waals surface area contributed by atoms with Crippen molar-refractivity contribution in [3.05, 3.63) is 0 Å². The molecule has 0 spiro atoms. The Morgan fingerprint density at radius 1 is 1.67 bits per heavy atom. The fraction of sp³-hybridized carbons (Fsp3) is 0.833. The molecule has 1 rings (SSSR count). The summed E-state index contributed by atoms with van der Waals surface area (Å²) in [5.74, 6) is 0.0116. The highest BCUT2D eigenvalue weighted by Crippen LogP contribution is 2.51. The van der Waals surface area contributed by atoms with Crippen LogP contribution in [-0.4, -0.2) is 5.91 Å². The summed E-state index contributed by atoms with van der Waals surface area (Å²) in [6, 6.07) is 0. The van der Waals surface area contributed by atoms with Crippen molar-refractivity contribution in [1.82, 2.24) is 0 Å². The molecule has 1 atom stereocenters. The maximum Gasteiger partial charge on any atom is 0.221 e. The first-order valence-corrected chi connectivity index (χ1v) is 2.83. The Morgan fingerprint density at radius 3 is 2.00 bits per heavy atom. The number of carbonyl (C=O) groups excluding carboxylic acids is 1. The second-order valence-electron chi connectivity index (χ2n) is 3.15. The van der Waals surface area contributed by atoms with Crippen LogP contribution in [0.5, 0.6) is 0 Å². The average Bonchev–Trinajstić information content (AvgIpc) is 2.13. The minimum atomic E-state index is -0.144. The highest BCUT2D eigenvalue weighted by atomic mass is 35.5. The normalized spacial score (nSPS) is 28.4. The molecule has 0 bridgehead atoms. The number of rotatable bonds is 1. The molecule has 3 heteroatoms. The Morgan fingerprint density at radius 2 is 2.00 bits per heavy atom. The highest BCUT2D eigenvalue weighted by Gasteiger charge is 2.49. The standard InChI is InChI=1S/C6H11NO.ClH/c1-6(2)3-4(6)5(7)8;/h4H,3H2,1-2H3,(H2,7,8);1H. The fourth-order valence-corrected chi connectivity index (χ4v) is 0.953. The third kappa shape index (κ3) is 1.58. The predicted octanol–water partition coefficient (Wildman–Crippen LogP) is 0.940. The van der Waals surface area contributed by atoms with Gasteiger partial charge < -0.3 is 5.73 Å². The van der Waals surface area contributed by atoms with E-state index in [1.807, 2.05) is 0 Å². The van der Waals surface area contributed by atoms with E-state index in [0.717, 1.165) is 6.42 Å². The minimum Gasteiger partial charge on any atom is -0.369 e. The Labute approximate surface area is 61.2 Å². The molecule has 2 nitrogen and oxygen atoms in total. The molecule has 1 fully saturated rings. The molecule has 54 valence electrons. The van der Waals surface area contributed by atoms with Crippen LogP contribution in [0.2, 0.25) is 0 Å². The summed E-state index contributed by atoms with van der Waals surface area (Å²) >= 11 is 0. The molecule has 1 saturated carbocycles. The molecule has 1 aliphatic rings. The van der Waals surface area contributed by atoms with E-state index in [9.17, 15) is 4.79 Å². The molecule has 1 amide bonds. The van der Waals surface area contributed by atoms with Crippen molar-refractivity contribution in [2.75, 3.05) is 0 Å². The molecule has 2 N–H and O–H groups in total. The number of nitrogens with two attached hydrogens (primary N) is 1. The monoisotopic (exact) mass is 149 g/mol. The molecular weight excluding hydrogens is 138 g/mol. The molecule has 1 unspecified atom stereocenters. The van der Waals surface area contributed by atoms with Gasteiger partial charge in [-0.3, -0.25) is 4.79 Å². The predicted molar refractivity (Wildman–Crippen MR) is 38.3 cm³/mol. The van der Waals surface area contributed by atoms with Gasteiger partial charge in [0.25, 0.3) is 0 Å². The SMILES string of the molecule is CC1(C)CC1C(N)=O.Cl. The van der Waals surface area contributed by atoms with Crippen LogP contribution in [0.1, 0.15) is 20.3 Å². The number of hydrogen-bond acceptors (Lipinski definition) is 1. The summed E-state index contributed by atoms with van der Waals surface area (Å²) in [7, 11) is 0. The third-order valence-corrected chi connectivity index (χ3v) is 1.86. The summed E-state index contributed by atoms with van der Waals surface area (Å²) in [5.41, 5.74) is 5.25. The average molecular weight is 150 g/mol. The van der Waals surface area contributed by atoms with Crippen LogP contribution in [0.15, 0.2) is 0 Å². The molecule has 0 saturated heterocycles. The van der Waals surface area contributed by atoms with Gasteiger partial charge in [-0.25, -0.2) is 0 Å². The summed E-state index contributed by atoms with van der Waals surface area (Å²) in [5, 5.41) is 0. The maximum absolute atomic E-state index is 10.4. The quantitative estimate of drug-likeness (QED) is 0.593.